The highest BCUT2D eigenvalue weighted by atomic mass is 14.5. The second-order valence-electron chi connectivity index (χ2n) is 6.00. The molecule has 0 heteroatoms. The van der Waals surface area contributed by atoms with Gasteiger partial charge in [0, 0.05) is 1.37 Å². The van der Waals surface area contributed by atoms with Gasteiger partial charge < -0.3 is 0 Å². The molecule has 2 aliphatic rings. The third-order valence-corrected chi connectivity index (χ3v) is 4.43. The topological polar surface area (TPSA) is 0 Å². The maximum atomic E-state index is 7.53. The van der Waals surface area contributed by atoms with Gasteiger partial charge in [0.05, 0.1) is 0 Å². The molecule has 0 saturated heterocycles. The van der Waals surface area contributed by atoms with Crippen LogP contribution in [-0.4, -0.2) is 0 Å². The van der Waals surface area contributed by atoms with Crippen LogP contribution in [0.15, 0.2) is 23.8 Å². The minimum atomic E-state index is 0.490. The van der Waals surface area contributed by atoms with Gasteiger partial charge in [0.1, 0.15) is 0 Å². The molecular formula is C15H24. The second kappa shape index (κ2) is 3.81. The van der Waals surface area contributed by atoms with Crippen molar-refractivity contribution in [3.05, 3.63) is 23.8 Å². The zero-order valence-electron chi connectivity index (χ0n) is 11.2. The van der Waals surface area contributed by atoms with Crippen molar-refractivity contribution in [2.75, 3.05) is 0 Å². The molecule has 0 aromatic heterocycles. The van der Waals surface area contributed by atoms with Gasteiger partial charge in [-0.25, -0.2) is 0 Å². The fourth-order valence-corrected chi connectivity index (χ4v) is 3.36. The average molecular weight is 205 g/mol. The first kappa shape index (κ1) is 9.69. The highest BCUT2D eigenvalue weighted by molar-refractivity contribution is 5.16. The average Bonchev–Trinajstić information content (AvgIpc) is 2.28. The molecule has 0 unspecified atom stereocenters. The van der Waals surface area contributed by atoms with Crippen LogP contribution < -0.4 is 0 Å². The standard InChI is InChI=1S/C15H24/c1-11-6-5-7-12(2)13-10-15(3,4)14(13)9-8-11/h6,13-14H,2,5,7-10H2,1,3-4H3/b11-6+/t13-,14-/m1/s1/i1D. The van der Waals surface area contributed by atoms with Crippen LogP contribution in [0.1, 0.15) is 54.2 Å². The van der Waals surface area contributed by atoms with Gasteiger partial charge in [-0.1, -0.05) is 37.6 Å². The predicted octanol–water partition coefficient (Wildman–Crippen LogP) is 4.73. The number of fused-ring (bicyclic) bond motifs is 1. The summed E-state index contributed by atoms with van der Waals surface area (Å²) < 4.78 is 7.53. The summed E-state index contributed by atoms with van der Waals surface area (Å²) in [7, 11) is 0. The maximum Gasteiger partial charge on any atom is 0.0276 e. The van der Waals surface area contributed by atoms with Crippen molar-refractivity contribution >= 4 is 0 Å². The van der Waals surface area contributed by atoms with Gasteiger partial charge in [0.2, 0.25) is 0 Å². The Morgan fingerprint density at radius 1 is 1.47 bits per heavy atom. The van der Waals surface area contributed by atoms with E-state index >= 15 is 0 Å². The van der Waals surface area contributed by atoms with Gasteiger partial charge in [-0.15, -0.1) is 0 Å². The van der Waals surface area contributed by atoms with Crippen LogP contribution in [0.3, 0.4) is 0 Å². The zero-order chi connectivity index (χ0) is 11.8. The van der Waals surface area contributed by atoms with Crippen LogP contribution in [-0.2, 0) is 0 Å². The van der Waals surface area contributed by atoms with Crippen LogP contribution >= 0.6 is 0 Å². The Balaban J connectivity index is 2.11. The van der Waals surface area contributed by atoms with Crippen LogP contribution in [0.25, 0.3) is 0 Å². The Labute approximate surface area is 95.9 Å². The molecule has 84 valence electrons. The molecule has 0 heterocycles. The first-order valence-electron chi connectivity index (χ1n) is 6.90. The fourth-order valence-electron chi connectivity index (χ4n) is 3.36. The third kappa shape index (κ3) is 2.04. The van der Waals surface area contributed by atoms with E-state index in [-0.39, 0.29) is 0 Å². The zero-order valence-corrected chi connectivity index (χ0v) is 10.2. The molecule has 0 amide bonds. The first-order valence-corrected chi connectivity index (χ1v) is 6.19. The number of allylic oxidation sites excluding steroid dienone is 3. The molecule has 0 aliphatic heterocycles. The highest BCUT2D eigenvalue weighted by Gasteiger charge is 2.47. The van der Waals surface area contributed by atoms with Crippen LogP contribution in [0.5, 0.6) is 0 Å². The van der Waals surface area contributed by atoms with Crippen molar-refractivity contribution in [3.8, 4) is 0 Å². The third-order valence-electron chi connectivity index (χ3n) is 4.43. The molecule has 0 spiro atoms. The van der Waals surface area contributed by atoms with Gasteiger partial charge in [-0.2, -0.15) is 0 Å². The van der Waals surface area contributed by atoms with Crippen LogP contribution in [0.2, 0.25) is 0 Å². The molecule has 2 aliphatic carbocycles. The summed E-state index contributed by atoms with van der Waals surface area (Å²) in [5.41, 5.74) is 3.31. The van der Waals surface area contributed by atoms with Crippen molar-refractivity contribution in [3.63, 3.8) is 0 Å². The first-order chi connectivity index (χ1) is 7.54. The molecule has 2 atom stereocenters. The summed E-state index contributed by atoms with van der Waals surface area (Å²) in [6, 6.07) is 0. The lowest BCUT2D eigenvalue weighted by atomic mass is 9.52. The molecular weight excluding hydrogens is 180 g/mol. The molecule has 0 radical (unpaired) electrons. The van der Waals surface area contributed by atoms with Gasteiger partial charge >= 0.3 is 0 Å². The summed E-state index contributed by atoms with van der Waals surface area (Å²) in [6.45, 7) is 9.56. The smallest absolute Gasteiger partial charge is 0.0276 e. The van der Waals surface area contributed by atoms with E-state index in [0.717, 1.165) is 31.1 Å². The lowest BCUT2D eigenvalue weighted by Crippen LogP contribution is -2.44. The summed E-state index contributed by atoms with van der Waals surface area (Å²) >= 11 is 0. The minimum absolute atomic E-state index is 0.490. The van der Waals surface area contributed by atoms with E-state index in [1.807, 2.05) is 0 Å². The van der Waals surface area contributed by atoms with E-state index in [1.165, 1.54) is 24.0 Å². The van der Waals surface area contributed by atoms with Gasteiger partial charge in [0.15, 0.2) is 0 Å². The molecule has 15 heavy (non-hydrogen) atoms. The van der Waals surface area contributed by atoms with Crippen LogP contribution in [0.4, 0.5) is 0 Å². The summed E-state index contributed by atoms with van der Waals surface area (Å²) in [4.78, 5) is 0. The molecule has 0 aromatic rings. The van der Waals surface area contributed by atoms with E-state index < -0.39 is 0 Å². The fraction of sp³-hybridized carbons (Fsp3) is 0.733. The quantitative estimate of drug-likeness (QED) is 0.502. The molecule has 1 fully saturated rings. The van der Waals surface area contributed by atoms with Gasteiger partial charge in [0.25, 0.3) is 0 Å². The van der Waals surface area contributed by atoms with Crippen LogP contribution in [0, 0.1) is 17.3 Å². The summed E-state index contributed by atoms with van der Waals surface area (Å²) in [6.07, 6.45) is 8.27. The summed E-state index contributed by atoms with van der Waals surface area (Å²) in [5, 5.41) is 0. The van der Waals surface area contributed by atoms with E-state index in [9.17, 15) is 0 Å². The molecule has 0 bridgehead atoms. The molecule has 0 nitrogen and oxygen atoms in total. The Morgan fingerprint density at radius 3 is 2.93 bits per heavy atom. The molecule has 1 saturated carbocycles. The summed E-state index contributed by atoms with van der Waals surface area (Å²) in [5.74, 6) is 1.58. The number of hydrogen-bond donors (Lipinski definition) is 0. The highest BCUT2D eigenvalue weighted by Crippen LogP contribution is 2.56. The lowest BCUT2D eigenvalue weighted by molar-refractivity contribution is 0.00384. The van der Waals surface area contributed by atoms with E-state index in [4.69, 9.17) is 1.37 Å². The Hall–Kier alpha value is -0.520. The van der Waals surface area contributed by atoms with Crippen molar-refractivity contribution in [1.29, 1.82) is 0 Å². The minimum Gasteiger partial charge on any atom is -0.0996 e. The van der Waals surface area contributed by atoms with E-state index in [1.54, 1.807) is 0 Å². The normalized spacial score (nSPS) is 39.7. The van der Waals surface area contributed by atoms with Crippen molar-refractivity contribution < 1.29 is 1.37 Å². The second-order valence-corrected chi connectivity index (χ2v) is 6.00. The van der Waals surface area contributed by atoms with E-state index in [2.05, 4.69) is 26.5 Å². The van der Waals surface area contributed by atoms with Crippen molar-refractivity contribution in [2.24, 2.45) is 17.3 Å². The van der Waals surface area contributed by atoms with Gasteiger partial charge in [-0.3, -0.25) is 0 Å². The number of hydrogen-bond acceptors (Lipinski definition) is 0. The lowest BCUT2D eigenvalue weighted by Gasteiger charge is -2.53. The Morgan fingerprint density at radius 2 is 2.27 bits per heavy atom. The molecule has 0 N–H and O–H groups in total. The van der Waals surface area contributed by atoms with E-state index in [0.29, 0.717) is 12.3 Å². The van der Waals surface area contributed by atoms with Crippen molar-refractivity contribution in [2.45, 2.75) is 52.9 Å². The Bertz CT molecular complexity index is 311. The number of rotatable bonds is 0. The molecule has 2 rings (SSSR count). The van der Waals surface area contributed by atoms with Crippen molar-refractivity contribution in [1.82, 2.24) is 0 Å². The SMILES string of the molecule is [2H]C/C1=C\CCC(=C)[C@H]2CC(C)(C)[C@@H]2CC1. The van der Waals surface area contributed by atoms with Gasteiger partial charge in [-0.05, 0) is 56.3 Å². The molecule has 0 aromatic carbocycles. The Kier molecular flexibility index (Phi) is 2.46. The monoisotopic (exact) mass is 205 g/mol. The predicted molar refractivity (Wildman–Crippen MR) is 66.7 cm³/mol. The largest absolute Gasteiger partial charge is 0.0996 e. The maximum absolute atomic E-state index is 7.53.